The second kappa shape index (κ2) is 10.3. The summed E-state index contributed by atoms with van der Waals surface area (Å²) in [7, 11) is 0. The highest BCUT2D eigenvalue weighted by Gasteiger charge is 2.45. The molecule has 1 aliphatic carbocycles. The predicted molar refractivity (Wildman–Crippen MR) is 112 cm³/mol. The highest BCUT2D eigenvalue weighted by atomic mass is 16.6. The third kappa shape index (κ3) is 6.33. The average molecular weight is 442 g/mol. The third-order valence-corrected chi connectivity index (χ3v) is 5.51. The standard InChI is InChI=1S/C21H33N3O7/c1-12-16(24(28)29)19(23-13(2)22-12)31-18-15(7-6-9-25)11-14(17(18)26)8-10-30-20(27)21(3,4)5/h14-15,17-18,25-26H,6-11H2,1-5H3/t14-,15-,17-,18+/m0/s1/i25T. The average Bonchev–Trinajstić information content (AvgIpc) is 2.95. The minimum absolute atomic E-state index is 0.126. The second-order valence-electron chi connectivity index (χ2n) is 9.12. The molecule has 10 heteroatoms. The Labute approximate surface area is 183 Å². The Bertz CT molecular complexity index is 815. The van der Waals surface area contributed by atoms with Crippen LogP contribution in [0, 0.1) is 41.2 Å². The number of nitrogens with zero attached hydrogens (tertiary/aromatic N) is 3. The lowest BCUT2D eigenvalue weighted by Crippen LogP contribution is -2.35. The molecule has 0 radical (unpaired) electrons. The molecule has 174 valence electrons. The Hall–Kier alpha value is -2.33. The van der Waals surface area contributed by atoms with E-state index in [1.165, 1.54) is 6.92 Å². The van der Waals surface area contributed by atoms with Gasteiger partial charge in [0.2, 0.25) is 1.43 Å². The molecule has 1 heterocycles. The normalized spacial score (nSPS) is 24.0. The summed E-state index contributed by atoms with van der Waals surface area (Å²) in [5.41, 5.74) is -0.742. The van der Waals surface area contributed by atoms with Crippen LogP contribution >= 0.6 is 0 Å². The van der Waals surface area contributed by atoms with Crippen molar-refractivity contribution in [3.8, 4) is 5.88 Å². The summed E-state index contributed by atoms with van der Waals surface area (Å²) >= 11 is 0. The first-order valence-electron chi connectivity index (χ1n) is 11.0. The number of ether oxygens (including phenoxy) is 2. The Morgan fingerprint density at radius 1 is 1.29 bits per heavy atom. The first-order chi connectivity index (χ1) is 15.0. The molecule has 2 rings (SSSR count). The Morgan fingerprint density at radius 3 is 2.61 bits per heavy atom. The highest BCUT2D eigenvalue weighted by molar-refractivity contribution is 5.75. The molecular weight excluding hydrogens is 406 g/mol. The van der Waals surface area contributed by atoms with E-state index in [0.29, 0.717) is 31.5 Å². The molecule has 0 saturated heterocycles. The van der Waals surface area contributed by atoms with E-state index in [2.05, 4.69) is 15.1 Å². The monoisotopic (exact) mass is 441 g/mol. The molecule has 1 saturated carbocycles. The van der Waals surface area contributed by atoms with Crippen molar-refractivity contribution in [1.29, 1.82) is 1.43 Å². The van der Waals surface area contributed by atoms with Crippen LogP contribution < -0.4 is 4.74 Å². The van der Waals surface area contributed by atoms with Crippen LogP contribution in [0.5, 0.6) is 5.88 Å². The van der Waals surface area contributed by atoms with Crippen LogP contribution in [-0.4, -0.2) is 57.9 Å². The van der Waals surface area contributed by atoms with Crippen LogP contribution in [-0.2, 0) is 9.53 Å². The smallest absolute Gasteiger partial charge is 0.351 e. The van der Waals surface area contributed by atoms with Crippen molar-refractivity contribution in [2.24, 2.45) is 17.3 Å². The van der Waals surface area contributed by atoms with Gasteiger partial charge in [-0.2, -0.15) is 4.98 Å². The largest absolute Gasteiger partial charge is 0.466 e. The van der Waals surface area contributed by atoms with Gasteiger partial charge in [0.1, 0.15) is 17.6 Å². The van der Waals surface area contributed by atoms with Crippen molar-refractivity contribution in [2.75, 3.05) is 13.2 Å². The number of aryl methyl sites for hydroxylation is 2. The number of hydrogen-bond donors (Lipinski definition) is 2. The van der Waals surface area contributed by atoms with Crippen LogP contribution in [0.4, 0.5) is 5.69 Å². The number of nitro groups is 1. The third-order valence-electron chi connectivity index (χ3n) is 5.51. The maximum absolute atomic E-state index is 12.0. The molecule has 0 spiro atoms. The molecule has 10 nitrogen and oxygen atoms in total. The minimum Gasteiger partial charge on any atom is -0.466 e. The van der Waals surface area contributed by atoms with Gasteiger partial charge in [-0.25, -0.2) is 4.98 Å². The number of carbonyl (C=O) groups is 1. The zero-order chi connectivity index (χ0) is 24.1. The van der Waals surface area contributed by atoms with E-state index >= 15 is 0 Å². The number of esters is 1. The SMILES string of the molecule is [3H]OCCC[C@H]1C[C@H](CCOC(=O)C(C)(C)C)[C@H](O)[C@@H]1Oc1nc(C)nc(C)c1[N+](=O)[O-]. The molecule has 0 amide bonds. The molecule has 31 heavy (non-hydrogen) atoms. The molecule has 1 aromatic heterocycles. The zero-order valence-electron chi connectivity index (χ0n) is 19.8. The summed E-state index contributed by atoms with van der Waals surface area (Å²) in [6.45, 7) is 8.84. The fraction of sp³-hybridized carbons (Fsp3) is 0.762. The van der Waals surface area contributed by atoms with Crippen LogP contribution in [0.25, 0.3) is 0 Å². The number of hydrogen-bond acceptors (Lipinski definition) is 9. The first kappa shape index (κ1) is 23.3. The summed E-state index contributed by atoms with van der Waals surface area (Å²) in [5.74, 6) is -0.480. The van der Waals surface area contributed by atoms with Gasteiger partial charge in [0.25, 0.3) is 5.88 Å². The maximum Gasteiger partial charge on any atom is 0.351 e. The zero-order valence-corrected chi connectivity index (χ0v) is 18.8. The molecular formula is C21H33N3O7. The van der Waals surface area contributed by atoms with Crippen LogP contribution in [0.3, 0.4) is 0 Å². The fourth-order valence-electron chi connectivity index (χ4n) is 3.91. The summed E-state index contributed by atoms with van der Waals surface area (Å²) in [4.78, 5) is 31.1. The topological polar surface area (TPSA) is 145 Å². The molecule has 1 aliphatic rings. The lowest BCUT2D eigenvalue weighted by molar-refractivity contribution is -0.387. The summed E-state index contributed by atoms with van der Waals surface area (Å²) in [5, 5.41) is 26.9. The van der Waals surface area contributed by atoms with Gasteiger partial charge in [0, 0.05) is 6.61 Å². The van der Waals surface area contributed by atoms with Gasteiger partial charge >= 0.3 is 11.7 Å². The van der Waals surface area contributed by atoms with Gasteiger partial charge in [-0.3, -0.25) is 14.9 Å². The van der Waals surface area contributed by atoms with Crippen molar-refractivity contribution in [2.45, 2.75) is 72.5 Å². The van der Waals surface area contributed by atoms with E-state index in [1.807, 2.05) is 0 Å². The summed E-state index contributed by atoms with van der Waals surface area (Å²) in [6, 6.07) is 0. The molecule has 4 atom stereocenters. The van der Waals surface area contributed by atoms with Crippen LogP contribution in [0.15, 0.2) is 0 Å². The molecule has 0 aromatic carbocycles. The van der Waals surface area contributed by atoms with E-state index < -0.39 is 22.5 Å². The van der Waals surface area contributed by atoms with Gasteiger partial charge in [-0.05, 0) is 72.1 Å². The van der Waals surface area contributed by atoms with Crippen LogP contribution in [0.2, 0.25) is 0 Å². The van der Waals surface area contributed by atoms with Gasteiger partial charge in [0.15, 0.2) is 0 Å². The molecule has 1 aromatic rings. The molecule has 0 bridgehead atoms. The first-order valence-corrected chi connectivity index (χ1v) is 10.5. The minimum atomic E-state index is -0.916. The fourth-order valence-corrected chi connectivity index (χ4v) is 3.91. The van der Waals surface area contributed by atoms with Gasteiger partial charge < -0.3 is 19.7 Å². The lowest BCUT2D eigenvalue weighted by atomic mass is 9.97. The van der Waals surface area contributed by atoms with E-state index in [0.717, 1.165) is 0 Å². The Morgan fingerprint density at radius 2 is 2.00 bits per heavy atom. The van der Waals surface area contributed by atoms with Crippen LogP contribution in [0.1, 0.15) is 58.0 Å². The number of aromatic nitrogens is 2. The van der Waals surface area contributed by atoms with Crippen molar-refractivity contribution in [1.82, 2.24) is 9.97 Å². The number of rotatable bonds is 10. The number of aliphatic hydroxyl groups is 2. The molecule has 1 fully saturated rings. The van der Waals surface area contributed by atoms with E-state index in [9.17, 15) is 20.0 Å². The highest BCUT2D eigenvalue weighted by Crippen LogP contribution is 2.40. The Balaban J connectivity index is 2.17. The van der Waals surface area contributed by atoms with E-state index in [1.54, 1.807) is 27.7 Å². The van der Waals surface area contributed by atoms with Crippen molar-refractivity contribution < 1.29 is 29.4 Å². The predicted octanol–water partition coefficient (Wildman–Crippen LogP) is 2.50. The Kier molecular flexibility index (Phi) is 7.77. The van der Waals surface area contributed by atoms with Crippen molar-refractivity contribution in [3.63, 3.8) is 0 Å². The second-order valence-corrected chi connectivity index (χ2v) is 9.12. The molecule has 0 aliphatic heterocycles. The van der Waals surface area contributed by atoms with E-state index in [-0.39, 0.29) is 48.3 Å². The molecule has 2 N–H and O–H groups in total. The van der Waals surface area contributed by atoms with E-state index in [4.69, 9.17) is 10.9 Å². The van der Waals surface area contributed by atoms with Gasteiger partial charge in [0.05, 0.1) is 23.0 Å². The number of aliphatic hydroxyl groups excluding tert-OH is 2. The quantitative estimate of drug-likeness (QED) is 0.242. The lowest BCUT2D eigenvalue weighted by Gasteiger charge is -2.24. The number of carbonyl (C=O) groups excluding carboxylic acids is 1. The maximum atomic E-state index is 12.0. The summed E-state index contributed by atoms with van der Waals surface area (Å²) < 4.78 is 18.2. The van der Waals surface area contributed by atoms with Gasteiger partial charge in [-0.1, -0.05) is 0 Å². The van der Waals surface area contributed by atoms with Crippen molar-refractivity contribution >= 4 is 11.7 Å². The summed E-state index contributed by atoms with van der Waals surface area (Å²) in [6.07, 6.45) is 0.579. The van der Waals surface area contributed by atoms with Gasteiger partial charge in [-0.15, -0.1) is 0 Å². The van der Waals surface area contributed by atoms with Crippen molar-refractivity contribution in [3.05, 3.63) is 21.6 Å². The molecule has 0 unspecified atom stereocenters.